The second-order valence-electron chi connectivity index (χ2n) is 7.97. The minimum Gasteiger partial charge on any atom is -0.317 e. The van der Waals surface area contributed by atoms with E-state index < -0.39 is 0 Å². The molecule has 3 atom stereocenters. The molecule has 4 rings (SSSR count). The van der Waals surface area contributed by atoms with Crippen LogP contribution in [0.1, 0.15) is 68.9 Å². The van der Waals surface area contributed by atoms with Crippen LogP contribution < -0.4 is 10.9 Å². The number of nitrogens with zero attached hydrogens (tertiary/aromatic N) is 4. The van der Waals surface area contributed by atoms with Gasteiger partial charge in [-0.2, -0.15) is 5.10 Å². The molecule has 0 saturated heterocycles. The van der Waals surface area contributed by atoms with Crippen LogP contribution in [0.2, 0.25) is 0 Å². The van der Waals surface area contributed by atoms with Crippen LogP contribution in [0.3, 0.4) is 0 Å². The number of pyridine rings is 2. The Labute approximate surface area is 169 Å². The SMILES string of the molecule is CCCC(CC)n1cc2cc(C(=O)Nc3cccn([C@H]4C[C@H]4C)c3=O)cnc2n1. The van der Waals surface area contributed by atoms with E-state index in [1.807, 2.05) is 10.9 Å². The monoisotopic (exact) mass is 393 g/mol. The van der Waals surface area contributed by atoms with Crippen molar-refractivity contribution in [3.05, 3.63) is 52.7 Å². The molecule has 1 unspecified atom stereocenters. The van der Waals surface area contributed by atoms with Gasteiger partial charge in [0, 0.05) is 30.0 Å². The van der Waals surface area contributed by atoms with Crippen LogP contribution in [0, 0.1) is 5.92 Å². The Morgan fingerprint density at radius 1 is 1.38 bits per heavy atom. The first-order valence-electron chi connectivity index (χ1n) is 10.4. The first-order valence-corrected chi connectivity index (χ1v) is 10.4. The van der Waals surface area contributed by atoms with E-state index in [2.05, 4.69) is 36.2 Å². The first-order chi connectivity index (χ1) is 14.0. The number of carbonyl (C=O) groups excluding carboxylic acids is 1. The Morgan fingerprint density at radius 3 is 2.86 bits per heavy atom. The largest absolute Gasteiger partial charge is 0.317 e. The van der Waals surface area contributed by atoms with Crippen molar-refractivity contribution in [1.82, 2.24) is 19.3 Å². The standard InChI is InChI=1S/C22H27N5O2/c1-4-7-17(5-2)27-13-16-11-15(12-23-20(16)25-27)21(28)24-18-8-6-9-26(22(18)29)19-10-14(19)3/h6,8-9,11-14,17,19H,4-5,7,10H2,1-3H3,(H,24,28)/t14-,17?,19+/m1/s1. The predicted molar refractivity (Wildman–Crippen MR) is 113 cm³/mol. The summed E-state index contributed by atoms with van der Waals surface area (Å²) in [5, 5.41) is 8.14. The molecular formula is C22H27N5O2. The molecule has 1 N–H and O–H groups in total. The quantitative estimate of drug-likeness (QED) is 0.653. The molecule has 0 spiro atoms. The minimum absolute atomic E-state index is 0.164. The Bertz CT molecular complexity index is 1100. The van der Waals surface area contributed by atoms with Crippen molar-refractivity contribution in [2.45, 2.75) is 58.5 Å². The highest BCUT2D eigenvalue weighted by molar-refractivity contribution is 6.05. The summed E-state index contributed by atoms with van der Waals surface area (Å²) in [5.41, 5.74) is 1.17. The number of rotatable bonds is 7. The van der Waals surface area contributed by atoms with Crippen LogP contribution in [-0.2, 0) is 0 Å². The van der Waals surface area contributed by atoms with Crippen molar-refractivity contribution < 1.29 is 4.79 Å². The molecule has 1 aliphatic carbocycles. The molecule has 7 heteroatoms. The molecule has 3 aromatic heterocycles. The van der Waals surface area contributed by atoms with Gasteiger partial charge < -0.3 is 9.88 Å². The van der Waals surface area contributed by atoms with Crippen LogP contribution in [-0.4, -0.2) is 25.2 Å². The van der Waals surface area contributed by atoms with Gasteiger partial charge in [-0.3, -0.25) is 14.3 Å². The van der Waals surface area contributed by atoms with E-state index in [9.17, 15) is 9.59 Å². The van der Waals surface area contributed by atoms with Gasteiger partial charge in [0.1, 0.15) is 5.69 Å². The highest BCUT2D eigenvalue weighted by Crippen LogP contribution is 2.41. The van der Waals surface area contributed by atoms with E-state index in [-0.39, 0.29) is 17.5 Å². The van der Waals surface area contributed by atoms with Gasteiger partial charge in [-0.1, -0.05) is 27.2 Å². The lowest BCUT2D eigenvalue weighted by Crippen LogP contribution is -2.25. The molecule has 1 fully saturated rings. The smallest absolute Gasteiger partial charge is 0.274 e. The van der Waals surface area contributed by atoms with Crippen molar-refractivity contribution in [1.29, 1.82) is 0 Å². The molecule has 1 saturated carbocycles. The van der Waals surface area contributed by atoms with Crippen LogP contribution in [0.25, 0.3) is 11.0 Å². The number of hydrogen-bond acceptors (Lipinski definition) is 4. The summed E-state index contributed by atoms with van der Waals surface area (Å²) in [6.45, 7) is 6.43. The normalized spacial score (nSPS) is 19.3. The maximum atomic E-state index is 12.7. The lowest BCUT2D eigenvalue weighted by atomic mass is 10.1. The molecule has 0 bridgehead atoms. The predicted octanol–water partition coefficient (Wildman–Crippen LogP) is 4.18. The lowest BCUT2D eigenvalue weighted by molar-refractivity contribution is 0.102. The summed E-state index contributed by atoms with van der Waals surface area (Å²) >= 11 is 0. The molecule has 7 nitrogen and oxygen atoms in total. The molecule has 3 aromatic rings. The molecule has 0 aromatic carbocycles. The van der Waals surface area contributed by atoms with Gasteiger partial charge in [-0.25, -0.2) is 4.98 Å². The second kappa shape index (κ2) is 7.81. The van der Waals surface area contributed by atoms with Crippen molar-refractivity contribution in [3.8, 4) is 0 Å². The Balaban J connectivity index is 1.57. The van der Waals surface area contributed by atoms with Gasteiger partial charge in [0.15, 0.2) is 5.65 Å². The summed E-state index contributed by atoms with van der Waals surface area (Å²) in [6, 6.07) is 5.79. The van der Waals surface area contributed by atoms with E-state index in [0.29, 0.717) is 28.9 Å². The van der Waals surface area contributed by atoms with Gasteiger partial charge in [0.05, 0.1) is 11.6 Å². The third-order valence-corrected chi connectivity index (χ3v) is 5.75. The number of amides is 1. The highest BCUT2D eigenvalue weighted by atomic mass is 16.2. The van der Waals surface area contributed by atoms with Crippen molar-refractivity contribution in [3.63, 3.8) is 0 Å². The molecule has 1 aliphatic rings. The fraction of sp³-hybridized carbons (Fsp3) is 0.455. The molecule has 0 radical (unpaired) electrons. The zero-order valence-corrected chi connectivity index (χ0v) is 17.1. The fourth-order valence-electron chi connectivity index (χ4n) is 3.85. The van der Waals surface area contributed by atoms with Gasteiger partial charge in [0.25, 0.3) is 11.5 Å². The zero-order valence-electron chi connectivity index (χ0n) is 17.1. The zero-order chi connectivity index (χ0) is 20.5. The van der Waals surface area contributed by atoms with E-state index in [0.717, 1.165) is 31.1 Å². The second-order valence-corrected chi connectivity index (χ2v) is 7.97. The molecule has 0 aliphatic heterocycles. The van der Waals surface area contributed by atoms with E-state index in [1.165, 1.54) is 6.20 Å². The summed E-state index contributed by atoms with van der Waals surface area (Å²) in [7, 11) is 0. The van der Waals surface area contributed by atoms with E-state index >= 15 is 0 Å². The summed E-state index contributed by atoms with van der Waals surface area (Å²) < 4.78 is 3.67. The molecule has 152 valence electrons. The number of fused-ring (bicyclic) bond motifs is 1. The number of nitrogens with one attached hydrogen (secondary N) is 1. The molecule has 29 heavy (non-hydrogen) atoms. The van der Waals surface area contributed by atoms with Crippen LogP contribution >= 0.6 is 0 Å². The third-order valence-electron chi connectivity index (χ3n) is 5.75. The third kappa shape index (κ3) is 3.81. The average Bonchev–Trinajstić information content (AvgIpc) is 3.28. The average molecular weight is 393 g/mol. The molecular weight excluding hydrogens is 366 g/mol. The Morgan fingerprint density at radius 2 is 2.17 bits per heavy atom. The molecule has 3 heterocycles. The summed E-state index contributed by atoms with van der Waals surface area (Å²) in [4.78, 5) is 29.8. The van der Waals surface area contributed by atoms with Crippen LogP contribution in [0.5, 0.6) is 0 Å². The van der Waals surface area contributed by atoms with E-state index in [1.54, 1.807) is 29.0 Å². The fourth-order valence-corrected chi connectivity index (χ4v) is 3.85. The number of anilines is 1. The van der Waals surface area contributed by atoms with Gasteiger partial charge in [-0.15, -0.1) is 0 Å². The maximum absolute atomic E-state index is 12.7. The summed E-state index contributed by atoms with van der Waals surface area (Å²) in [6.07, 6.45) is 9.39. The highest BCUT2D eigenvalue weighted by Gasteiger charge is 2.35. The first kappa shape index (κ1) is 19.4. The van der Waals surface area contributed by atoms with Crippen LogP contribution in [0.4, 0.5) is 5.69 Å². The topological polar surface area (TPSA) is 81.8 Å². The van der Waals surface area contributed by atoms with Gasteiger partial charge >= 0.3 is 0 Å². The number of aromatic nitrogens is 4. The van der Waals surface area contributed by atoms with Crippen molar-refractivity contribution in [2.24, 2.45) is 5.92 Å². The number of hydrogen-bond donors (Lipinski definition) is 1. The van der Waals surface area contributed by atoms with Crippen LogP contribution in [0.15, 0.2) is 41.6 Å². The van der Waals surface area contributed by atoms with E-state index in [4.69, 9.17) is 0 Å². The molecule has 1 amide bonds. The Hall–Kier alpha value is -2.96. The van der Waals surface area contributed by atoms with Crippen molar-refractivity contribution in [2.75, 3.05) is 5.32 Å². The lowest BCUT2D eigenvalue weighted by Gasteiger charge is -2.13. The van der Waals surface area contributed by atoms with Gasteiger partial charge in [-0.05, 0) is 43.4 Å². The number of carbonyl (C=O) groups is 1. The van der Waals surface area contributed by atoms with Crippen molar-refractivity contribution >= 4 is 22.6 Å². The summed E-state index contributed by atoms with van der Waals surface area (Å²) in [5.74, 6) is 0.160. The maximum Gasteiger partial charge on any atom is 0.274 e. The van der Waals surface area contributed by atoms with Gasteiger partial charge in [0.2, 0.25) is 0 Å². The minimum atomic E-state index is -0.341. The Kier molecular flexibility index (Phi) is 5.22.